The summed E-state index contributed by atoms with van der Waals surface area (Å²) in [6.45, 7) is 5.20. The SMILES string of the molecule is Cc1oc(C)c(C(=O)Cc2cccc(C(F)(F)F)c2)c1C. The van der Waals surface area contributed by atoms with Crippen molar-refractivity contribution >= 4 is 5.78 Å². The third-order valence-electron chi connectivity index (χ3n) is 3.46. The molecule has 2 rings (SSSR count). The summed E-state index contributed by atoms with van der Waals surface area (Å²) in [5.74, 6) is 0.919. The van der Waals surface area contributed by atoms with Crippen molar-refractivity contribution in [2.45, 2.75) is 33.4 Å². The van der Waals surface area contributed by atoms with Crippen molar-refractivity contribution in [1.29, 1.82) is 0 Å². The number of Topliss-reactive ketones (excluding diaryl/α,β-unsaturated/α-hetero) is 1. The summed E-state index contributed by atoms with van der Waals surface area (Å²) in [6, 6.07) is 4.83. The average Bonchev–Trinajstić information content (AvgIpc) is 2.62. The van der Waals surface area contributed by atoms with Gasteiger partial charge in [0.1, 0.15) is 11.5 Å². The highest BCUT2D eigenvalue weighted by Crippen LogP contribution is 2.30. The van der Waals surface area contributed by atoms with Gasteiger partial charge >= 0.3 is 6.18 Å². The van der Waals surface area contributed by atoms with Crippen LogP contribution in [0.1, 0.15) is 38.6 Å². The Hall–Kier alpha value is -2.04. The first kappa shape index (κ1) is 15.4. The van der Waals surface area contributed by atoms with Gasteiger partial charge in [-0.1, -0.05) is 18.2 Å². The molecule has 2 nitrogen and oxygen atoms in total. The fourth-order valence-electron chi connectivity index (χ4n) is 2.33. The van der Waals surface area contributed by atoms with E-state index in [-0.39, 0.29) is 12.2 Å². The molecule has 0 N–H and O–H groups in total. The van der Waals surface area contributed by atoms with E-state index < -0.39 is 11.7 Å². The zero-order valence-corrected chi connectivity index (χ0v) is 12.0. The highest BCUT2D eigenvalue weighted by molar-refractivity contribution is 5.99. The number of rotatable bonds is 3. The molecule has 0 bridgehead atoms. The minimum absolute atomic E-state index is 0.0788. The molecule has 0 radical (unpaired) electrons. The standard InChI is InChI=1S/C16H15F3O2/c1-9-10(2)21-11(3)15(9)14(20)8-12-5-4-6-13(7-12)16(17,18)19/h4-7H,8H2,1-3H3. The number of halogens is 3. The van der Waals surface area contributed by atoms with Crippen molar-refractivity contribution < 1.29 is 22.4 Å². The van der Waals surface area contributed by atoms with Crippen LogP contribution in [0.25, 0.3) is 0 Å². The highest BCUT2D eigenvalue weighted by atomic mass is 19.4. The smallest absolute Gasteiger partial charge is 0.416 e. The van der Waals surface area contributed by atoms with Gasteiger partial charge in [0.05, 0.1) is 11.1 Å². The van der Waals surface area contributed by atoms with Gasteiger partial charge in [-0.05, 0) is 32.4 Å². The number of alkyl halides is 3. The third kappa shape index (κ3) is 3.17. The van der Waals surface area contributed by atoms with E-state index in [1.165, 1.54) is 12.1 Å². The van der Waals surface area contributed by atoms with E-state index in [0.29, 0.717) is 22.6 Å². The maximum atomic E-state index is 12.7. The first-order valence-corrected chi connectivity index (χ1v) is 6.46. The van der Waals surface area contributed by atoms with E-state index in [0.717, 1.165) is 17.7 Å². The molecule has 0 saturated heterocycles. The van der Waals surface area contributed by atoms with Crippen LogP contribution < -0.4 is 0 Å². The number of hydrogen-bond donors (Lipinski definition) is 0. The molecule has 0 fully saturated rings. The van der Waals surface area contributed by atoms with Crippen molar-refractivity contribution in [2.75, 3.05) is 0 Å². The van der Waals surface area contributed by atoms with E-state index in [2.05, 4.69) is 0 Å². The minimum atomic E-state index is -4.41. The Labute approximate surface area is 120 Å². The van der Waals surface area contributed by atoms with Crippen LogP contribution in [-0.4, -0.2) is 5.78 Å². The summed E-state index contributed by atoms with van der Waals surface area (Å²) in [4.78, 5) is 12.3. The van der Waals surface area contributed by atoms with Gasteiger partial charge in [0.15, 0.2) is 5.78 Å². The van der Waals surface area contributed by atoms with Crippen LogP contribution in [0.3, 0.4) is 0 Å². The summed E-state index contributed by atoms with van der Waals surface area (Å²) in [6.07, 6.45) is -4.48. The molecule has 0 atom stereocenters. The van der Waals surface area contributed by atoms with Gasteiger partial charge in [-0.25, -0.2) is 0 Å². The molecule has 1 heterocycles. The second-order valence-electron chi connectivity index (χ2n) is 5.01. The van der Waals surface area contributed by atoms with E-state index in [4.69, 9.17) is 4.42 Å². The zero-order chi connectivity index (χ0) is 15.8. The van der Waals surface area contributed by atoms with Gasteiger partial charge in [0.25, 0.3) is 0 Å². The number of aryl methyl sites for hydroxylation is 2. The van der Waals surface area contributed by atoms with Gasteiger partial charge in [-0.3, -0.25) is 4.79 Å². The number of ketones is 1. The van der Waals surface area contributed by atoms with Crippen molar-refractivity contribution in [3.05, 3.63) is 58.0 Å². The second kappa shape index (κ2) is 5.39. The van der Waals surface area contributed by atoms with Crippen LogP contribution in [-0.2, 0) is 12.6 Å². The summed E-state index contributed by atoms with van der Waals surface area (Å²) in [5, 5.41) is 0. The Morgan fingerprint density at radius 1 is 1.14 bits per heavy atom. The maximum absolute atomic E-state index is 12.7. The lowest BCUT2D eigenvalue weighted by molar-refractivity contribution is -0.137. The van der Waals surface area contributed by atoms with Gasteiger partial charge in [0.2, 0.25) is 0 Å². The topological polar surface area (TPSA) is 30.2 Å². The monoisotopic (exact) mass is 296 g/mol. The molecule has 1 aromatic carbocycles. The van der Waals surface area contributed by atoms with Gasteiger partial charge < -0.3 is 4.42 Å². The molecule has 0 aliphatic rings. The molecule has 0 aliphatic heterocycles. The second-order valence-corrected chi connectivity index (χ2v) is 5.01. The maximum Gasteiger partial charge on any atom is 0.416 e. The summed E-state index contributed by atoms with van der Waals surface area (Å²) < 4.78 is 43.4. The van der Waals surface area contributed by atoms with E-state index in [1.54, 1.807) is 20.8 Å². The summed E-state index contributed by atoms with van der Waals surface area (Å²) in [5.41, 5.74) is 0.798. The number of carbonyl (C=O) groups excluding carboxylic acids is 1. The quantitative estimate of drug-likeness (QED) is 0.772. The molecule has 1 aromatic heterocycles. The van der Waals surface area contributed by atoms with E-state index in [9.17, 15) is 18.0 Å². The lowest BCUT2D eigenvalue weighted by atomic mass is 9.98. The molecular formula is C16H15F3O2. The molecular weight excluding hydrogens is 281 g/mol. The fourth-order valence-corrected chi connectivity index (χ4v) is 2.33. The van der Waals surface area contributed by atoms with Crippen molar-refractivity contribution in [3.63, 3.8) is 0 Å². The number of furan rings is 1. The highest BCUT2D eigenvalue weighted by Gasteiger charge is 2.30. The molecule has 0 amide bonds. The lowest BCUT2D eigenvalue weighted by Gasteiger charge is -2.08. The van der Waals surface area contributed by atoms with E-state index in [1.807, 2.05) is 0 Å². The van der Waals surface area contributed by atoms with Gasteiger partial charge in [-0.15, -0.1) is 0 Å². The summed E-state index contributed by atoms with van der Waals surface area (Å²) in [7, 11) is 0. The molecule has 21 heavy (non-hydrogen) atoms. The Morgan fingerprint density at radius 2 is 1.81 bits per heavy atom. The molecule has 0 unspecified atom stereocenters. The molecule has 5 heteroatoms. The van der Waals surface area contributed by atoms with Crippen LogP contribution in [0.5, 0.6) is 0 Å². The zero-order valence-electron chi connectivity index (χ0n) is 12.0. The summed E-state index contributed by atoms with van der Waals surface area (Å²) >= 11 is 0. The van der Waals surface area contributed by atoms with Crippen LogP contribution in [0.2, 0.25) is 0 Å². The predicted molar refractivity (Wildman–Crippen MR) is 72.4 cm³/mol. The van der Waals surface area contributed by atoms with Gasteiger partial charge in [-0.2, -0.15) is 13.2 Å². The molecule has 112 valence electrons. The molecule has 0 saturated carbocycles. The first-order chi connectivity index (χ1) is 9.70. The van der Waals surface area contributed by atoms with Crippen LogP contribution in [0, 0.1) is 20.8 Å². The number of benzene rings is 1. The van der Waals surface area contributed by atoms with Crippen molar-refractivity contribution in [2.24, 2.45) is 0 Å². The van der Waals surface area contributed by atoms with Crippen LogP contribution >= 0.6 is 0 Å². The molecule has 2 aromatic rings. The Morgan fingerprint density at radius 3 is 2.33 bits per heavy atom. The minimum Gasteiger partial charge on any atom is -0.466 e. The predicted octanol–water partition coefficient (Wildman–Crippen LogP) is 4.65. The molecule has 0 spiro atoms. The largest absolute Gasteiger partial charge is 0.466 e. The Bertz CT molecular complexity index is 681. The number of carbonyl (C=O) groups is 1. The molecule has 0 aliphatic carbocycles. The normalized spacial score (nSPS) is 11.7. The average molecular weight is 296 g/mol. The third-order valence-corrected chi connectivity index (χ3v) is 3.46. The fraction of sp³-hybridized carbons (Fsp3) is 0.312. The first-order valence-electron chi connectivity index (χ1n) is 6.46. The van der Waals surface area contributed by atoms with Crippen LogP contribution in [0.15, 0.2) is 28.7 Å². The Kier molecular flexibility index (Phi) is 3.94. The number of hydrogen-bond acceptors (Lipinski definition) is 2. The van der Waals surface area contributed by atoms with Crippen molar-refractivity contribution in [1.82, 2.24) is 0 Å². The Balaban J connectivity index is 2.28. The van der Waals surface area contributed by atoms with E-state index >= 15 is 0 Å². The van der Waals surface area contributed by atoms with Crippen LogP contribution in [0.4, 0.5) is 13.2 Å². The lowest BCUT2D eigenvalue weighted by Crippen LogP contribution is -2.09. The van der Waals surface area contributed by atoms with Crippen molar-refractivity contribution in [3.8, 4) is 0 Å². The van der Waals surface area contributed by atoms with Gasteiger partial charge in [0, 0.05) is 12.0 Å².